The molecule has 2 aromatic carbocycles. The van der Waals surface area contributed by atoms with Crippen LogP contribution in [0.1, 0.15) is 22.7 Å². The van der Waals surface area contributed by atoms with Gasteiger partial charge < -0.3 is 4.90 Å². The molecule has 0 radical (unpaired) electrons. The lowest BCUT2D eigenvalue weighted by Crippen LogP contribution is -2.50. The zero-order chi connectivity index (χ0) is 20.6. The Morgan fingerprint density at radius 3 is 2.07 bits per heavy atom. The second-order valence-electron chi connectivity index (χ2n) is 7.49. The highest BCUT2D eigenvalue weighted by Crippen LogP contribution is 2.29. The molecule has 0 atom stereocenters. The highest BCUT2D eigenvalue weighted by Gasteiger charge is 2.27. The van der Waals surface area contributed by atoms with E-state index in [1.165, 1.54) is 11.1 Å². The van der Waals surface area contributed by atoms with Crippen LogP contribution in [0.2, 0.25) is 0 Å². The fourth-order valence-corrected chi connectivity index (χ4v) is 4.81. The van der Waals surface area contributed by atoms with Crippen LogP contribution < -0.4 is 0 Å². The van der Waals surface area contributed by atoms with E-state index in [0.29, 0.717) is 5.75 Å². The standard InChI is InChI=1S/C25H27N3OS/c29-24(20-30-19-21-8-7-13-26-18-21)27-14-16-28(17-15-27)25(22-9-3-1-4-10-22)23-11-5-2-6-12-23/h1-13,18,25H,14-17,19-20H2. The number of hydrogen-bond donors (Lipinski definition) is 0. The molecule has 3 aromatic rings. The monoisotopic (exact) mass is 417 g/mol. The first-order valence-corrected chi connectivity index (χ1v) is 11.5. The van der Waals surface area contributed by atoms with Gasteiger partial charge in [-0.25, -0.2) is 0 Å². The minimum absolute atomic E-state index is 0.226. The summed E-state index contributed by atoms with van der Waals surface area (Å²) >= 11 is 1.66. The highest BCUT2D eigenvalue weighted by molar-refractivity contribution is 7.99. The number of thioether (sulfide) groups is 1. The number of piperazine rings is 1. The van der Waals surface area contributed by atoms with Crippen molar-refractivity contribution in [3.8, 4) is 0 Å². The highest BCUT2D eigenvalue weighted by atomic mass is 32.2. The summed E-state index contributed by atoms with van der Waals surface area (Å²) in [5, 5.41) is 0. The second-order valence-corrected chi connectivity index (χ2v) is 8.48. The van der Waals surface area contributed by atoms with Crippen LogP contribution in [0.25, 0.3) is 0 Å². The van der Waals surface area contributed by atoms with Gasteiger partial charge in [0.05, 0.1) is 11.8 Å². The summed E-state index contributed by atoms with van der Waals surface area (Å²) < 4.78 is 0. The first kappa shape index (κ1) is 20.6. The van der Waals surface area contributed by atoms with Gasteiger partial charge in [-0.15, -0.1) is 11.8 Å². The van der Waals surface area contributed by atoms with Gasteiger partial charge in [0.1, 0.15) is 0 Å². The third-order valence-electron chi connectivity index (χ3n) is 5.48. The summed E-state index contributed by atoms with van der Waals surface area (Å²) in [4.78, 5) is 21.3. The first-order valence-electron chi connectivity index (χ1n) is 10.4. The molecule has 5 heteroatoms. The lowest BCUT2D eigenvalue weighted by atomic mass is 9.96. The topological polar surface area (TPSA) is 36.4 Å². The minimum Gasteiger partial charge on any atom is -0.339 e. The molecular weight excluding hydrogens is 390 g/mol. The van der Waals surface area contributed by atoms with Crippen molar-refractivity contribution in [3.05, 3.63) is 102 Å². The molecule has 1 saturated heterocycles. The van der Waals surface area contributed by atoms with Crippen LogP contribution in [-0.4, -0.2) is 52.6 Å². The molecule has 154 valence electrons. The molecule has 0 spiro atoms. The molecule has 30 heavy (non-hydrogen) atoms. The van der Waals surface area contributed by atoms with Crippen molar-refractivity contribution in [2.24, 2.45) is 0 Å². The number of carbonyl (C=O) groups excluding carboxylic acids is 1. The van der Waals surface area contributed by atoms with Crippen molar-refractivity contribution in [2.75, 3.05) is 31.9 Å². The molecule has 2 heterocycles. The average molecular weight is 418 g/mol. The molecule has 0 aliphatic carbocycles. The number of rotatable bonds is 7. The Kier molecular flexibility index (Phi) is 7.16. The number of pyridine rings is 1. The zero-order valence-electron chi connectivity index (χ0n) is 17.1. The van der Waals surface area contributed by atoms with Crippen molar-refractivity contribution in [2.45, 2.75) is 11.8 Å². The maximum absolute atomic E-state index is 12.7. The molecule has 4 nitrogen and oxygen atoms in total. The van der Waals surface area contributed by atoms with Gasteiger partial charge in [-0.05, 0) is 22.8 Å². The lowest BCUT2D eigenvalue weighted by molar-refractivity contribution is -0.130. The van der Waals surface area contributed by atoms with Crippen LogP contribution in [0.15, 0.2) is 85.2 Å². The van der Waals surface area contributed by atoms with Crippen LogP contribution in [-0.2, 0) is 10.5 Å². The number of aromatic nitrogens is 1. The molecule has 1 amide bonds. The predicted octanol–water partition coefficient (Wildman–Crippen LogP) is 4.25. The summed E-state index contributed by atoms with van der Waals surface area (Å²) in [6.45, 7) is 3.33. The Bertz CT molecular complexity index is 873. The van der Waals surface area contributed by atoms with E-state index in [9.17, 15) is 4.79 Å². The minimum atomic E-state index is 0.226. The van der Waals surface area contributed by atoms with E-state index >= 15 is 0 Å². The Balaban J connectivity index is 1.34. The van der Waals surface area contributed by atoms with Gasteiger partial charge in [0.15, 0.2) is 0 Å². The maximum Gasteiger partial charge on any atom is 0.232 e. The Morgan fingerprint density at radius 2 is 1.50 bits per heavy atom. The van der Waals surface area contributed by atoms with E-state index in [1.54, 1.807) is 18.0 Å². The third kappa shape index (κ3) is 5.29. The normalized spacial score (nSPS) is 14.8. The lowest BCUT2D eigenvalue weighted by Gasteiger charge is -2.39. The van der Waals surface area contributed by atoms with Crippen molar-refractivity contribution >= 4 is 17.7 Å². The maximum atomic E-state index is 12.7. The summed E-state index contributed by atoms with van der Waals surface area (Å²) in [6, 6.07) is 25.5. The van der Waals surface area contributed by atoms with Crippen LogP contribution in [0.4, 0.5) is 0 Å². The van der Waals surface area contributed by atoms with Gasteiger partial charge in [-0.1, -0.05) is 66.7 Å². The molecule has 1 fully saturated rings. The largest absolute Gasteiger partial charge is 0.339 e. The molecule has 1 aliphatic rings. The van der Waals surface area contributed by atoms with E-state index in [4.69, 9.17) is 0 Å². The number of hydrogen-bond acceptors (Lipinski definition) is 4. The Hall–Kier alpha value is -2.63. The van der Waals surface area contributed by atoms with Gasteiger partial charge in [0.2, 0.25) is 5.91 Å². The predicted molar refractivity (Wildman–Crippen MR) is 123 cm³/mol. The van der Waals surface area contributed by atoms with E-state index in [0.717, 1.165) is 37.5 Å². The summed E-state index contributed by atoms with van der Waals surface area (Å²) in [6.07, 6.45) is 3.64. The van der Waals surface area contributed by atoms with Crippen molar-refractivity contribution < 1.29 is 4.79 Å². The van der Waals surface area contributed by atoms with Crippen LogP contribution in [0.5, 0.6) is 0 Å². The van der Waals surface area contributed by atoms with Crippen LogP contribution >= 0.6 is 11.8 Å². The van der Waals surface area contributed by atoms with Crippen molar-refractivity contribution in [3.63, 3.8) is 0 Å². The smallest absolute Gasteiger partial charge is 0.232 e. The molecule has 0 saturated carbocycles. The fraction of sp³-hybridized carbons (Fsp3) is 0.280. The Morgan fingerprint density at radius 1 is 0.867 bits per heavy atom. The van der Waals surface area contributed by atoms with E-state index in [1.807, 2.05) is 17.2 Å². The van der Waals surface area contributed by atoms with E-state index < -0.39 is 0 Å². The van der Waals surface area contributed by atoms with Crippen molar-refractivity contribution in [1.82, 2.24) is 14.8 Å². The molecule has 1 aromatic heterocycles. The van der Waals surface area contributed by atoms with Gasteiger partial charge in [0, 0.05) is 44.3 Å². The molecule has 0 bridgehead atoms. The first-order chi connectivity index (χ1) is 14.8. The third-order valence-corrected chi connectivity index (χ3v) is 6.47. The van der Waals surface area contributed by atoms with Crippen LogP contribution in [0, 0.1) is 0 Å². The molecule has 1 aliphatic heterocycles. The summed E-state index contributed by atoms with van der Waals surface area (Å²) in [5.41, 5.74) is 3.76. The SMILES string of the molecule is O=C(CSCc1cccnc1)N1CCN(C(c2ccccc2)c2ccccc2)CC1. The van der Waals surface area contributed by atoms with Crippen LogP contribution in [0.3, 0.4) is 0 Å². The molecule has 0 N–H and O–H groups in total. The van der Waals surface area contributed by atoms with Crippen molar-refractivity contribution in [1.29, 1.82) is 0 Å². The van der Waals surface area contributed by atoms with Gasteiger partial charge in [-0.2, -0.15) is 0 Å². The molecule has 4 rings (SSSR count). The quantitative estimate of drug-likeness (QED) is 0.576. The second kappa shape index (κ2) is 10.4. The average Bonchev–Trinajstić information content (AvgIpc) is 2.82. The molecular formula is C25H27N3OS. The number of amides is 1. The van der Waals surface area contributed by atoms with Gasteiger partial charge >= 0.3 is 0 Å². The Labute approximate surface area is 182 Å². The van der Waals surface area contributed by atoms with Gasteiger partial charge in [0.25, 0.3) is 0 Å². The summed E-state index contributed by atoms with van der Waals surface area (Å²) in [7, 11) is 0. The number of benzene rings is 2. The summed E-state index contributed by atoms with van der Waals surface area (Å²) in [5.74, 6) is 1.58. The molecule has 0 unspecified atom stereocenters. The van der Waals surface area contributed by atoms with E-state index in [-0.39, 0.29) is 11.9 Å². The number of carbonyl (C=O) groups is 1. The van der Waals surface area contributed by atoms with Gasteiger partial charge in [-0.3, -0.25) is 14.7 Å². The zero-order valence-corrected chi connectivity index (χ0v) is 17.9. The van der Waals surface area contributed by atoms with E-state index in [2.05, 4.69) is 76.6 Å². The fourth-order valence-electron chi connectivity index (χ4n) is 3.95. The number of nitrogens with zero attached hydrogens (tertiary/aromatic N) is 3.